The SMILES string of the molecule is Nc1c(C=O)c(-c2cccs2)nn1CCCO. The molecule has 3 N–H and O–H groups in total. The van der Waals surface area contributed by atoms with Crippen LogP contribution in [0, 0.1) is 0 Å². The molecule has 0 amide bonds. The van der Waals surface area contributed by atoms with E-state index in [0.29, 0.717) is 30.0 Å². The minimum atomic E-state index is 0.0735. The number of rotatable bonds is 5. The number of nitrogens with two attached hydrogens (primary N) is 1. The number of carbonyl (C=O) groups excluding carboxylic acids is 1. The van der Waals surface area contributed by atoms with Crippen molar-refractivity contribution in [2.24, 2.45) is 0 Å². The van der Waals surface area contributed by atoms with Crippen molar-refractivity contribution >= 4 is 23.4 Å². The highest BCUT2D eigenvalue weighted by molar-refractivity contribution is 7.13. The molecular weight excluding hydrogens is 238 g/mol. The molecule has 17 heavy (non-hydrogen) atoms. The van der Waals surface area contributed by atoms with Gasteiger partial charge >= 0.3 is 0 Å². The Morgan fingerprint density at radius 1 is 1.59 bits per heavy atom. The molecule has 5 nitrogen and oxygen atoms in total. The van der Waals surface area contributed by atoms with Gasteiger partial charge in [-0.05, 0) is 17.9 Å². The number of hydrogen-bond acceptors (Lipinski definition) is 5. The molecule has 0 radical (unpaired) electrons. The second-order valence-corrected chi connectivity index (χ2v) is 4.49. The van der Waals surface area contributed by atoms with Crippen LogP contribution in [0.4, 0.5) is 5.82 Å². The van der Waals surface area contributed by atoms with E-state index in [1.54, 1.807) is 4.68 Å². The number of aliphatic hydroxyl groups excluding tert-OH is 1. The van der Waals surface area contributed by atoms with Crippen LogP contribution in [0.5, 0.6) is 0 Å². The summed E-state index contributed by atoms with van der Waals surface area (Å²) in [7, 11) is 0. The number of anilines is 1. The van der Waals surface area contributed by atoms with Crippen LogP contribution in [0.3, 0.4) is 0 Å². The largest absolute Gasteiger partial charge is 0.396 e. The van der Waals surface area contributed by atoms with E-state index in [0.717, 1.165) is 11.2 Å². The van der Waals surface area contributed by atoms with E-state index < -0.39 is 0 Å². The highest BCUT2D eigenvalue weighted by Crippen LogP contribution is 2.29. The van der Waals surface area contributed by atoms with Crippen molar-refractivity contribution in [3.8, 4) is 10.6 Å². The fraction of sp³-hybridized carbons (Fsp3) is 0.273. The maximum Gasteiger partial charge on any atom is 0.156 e. The summed E-state index contributed by atoms with van der Waals surface area (Å²) in [6.07, 6.45) is 1.29. The minimum absolute atomic E-state index is 0.0735. The fourth-order valence-electron chi connectivity index (χ4n) is 1.59. The minimum Gasteiger partial charge on any atom is -0.396 e. The number of hydrogen-bond donors (Lipinski definition) is 2. The van der Waals surface area contributed by atoms with Crippen LogP contribution < -0.4 is 5.73 Å². The van der Waals surface area contributed by atoms with Crippen LogP contribution >= 0.6 is 11.3 Å². The van der Waals surface area contributed by atoms with Crippen LogP contribution in [0.15, 0.2) is 17.5 Å². The first-order valence-electron chi connectivity index (χ1n) is 5.24. The Balaban J connectivity index is 2.42. The smallest absolute Gasteiger partial charge is 0.156 e. The molecule has 2 heterocycles. The first-order valence-corrected chi connectivity index (χ1v) is 6.12. The molecule has 0 saturated heterocycles. The molecule has 2 aromatic rings. The van der Waals surface area contributed by atoms with Gasteiger partial charge in [-0.2, -0.15) is 5.10 Å². The lowest BCUT2D eigenvalue weighted by Gasteiger charge is -2.01. The van der Waals surface area contributed by atoms with Gasteiger partial charge in [-0.15, -0.1) is 11.3 Å². The fourth-order valence-corrected chi connectivity index (χ4v) is 2.31. The zero-order valence-corrected chi connectivity index (χ0v) is 9.98. The zero-order chi connectivity index (χ0) is 12.3. The standard InChI is InChI=1S/C11H13N3O2S/c12-11-8(7-16)10(9-3-1-6-17-9)13-14(11)4-2-5-15/h1,3,6-7,15H,2,4-5,12H2. The molecular formula is C11H13N3O2S. The molecule has 0 saturated carbocycles. The topological polar surface area (TPSA) is 81.1 Å². The van der Waals surface area contributed by atoms with Gasteiger partial charge in [-0.25, -0.2) is 4.68 Å². The lowest BCUT2D eigenvalue weighted by atomic mass is 10.2. The van der Waals surface area contributed by atoms with E-state index in [1.165, 1.54) is 11.3 Å². The van der Waals surface area contributed by atoms with Gasteiger partial charge in [0.25, 0.3) is 0 Å². The lowest BCUT2D eigenvalue weighted by Crippen LogP contribution is -2.06. The maximum atomic E-state index is 11.1. The van der Waals surface area contributed by atoms with E-state index in [4.69, 9.17) is 10.8 Å². The quantitative estimate of drug-likeness (QED) is 0.787. The second-order valence-electron chi connectivity index (χ2n) is 3.54. The molecule has 0 fully saturated rings. The summed E-state index contributed by atoms with van der Waals surface area (Å²) < 4.78 is 1.56. The van der Waals surface area contributed by atoms with Crippen LogP contribution in [-0.4, -0.2) is 27.8 Å². The van der Waals surface area contributed by atoms with Gasteiger partial charge in [0.05, 0.1) is 10.4 Å². The van der Waals surface area contributed by atoms with Crippen molar-refractivity contribution < 1.29 is 9.90 Å². The first-order chi connectivity index (χ1) is 8.27. The van der Waals surface area contributed by atoms with Crippen LogP contribution in [-0.2, 0) is 6.54 Å². The Hall–Kier alpha value is -1.66. The maximum absolute atomic E-state index is 11.1. The summed E-state index contributed by atoms with van der Waals surface area (Å²) in [5.74, 6) is 0.358. The van der Waals surface area contributed by atoms with Crippen LogP contribution in [0.1, 0.15) is 16.8 Å². The van der Waals surface area contributed by atoms with Gasteiger partial charge in [0.1, 0.15) is 11.5 Å². The number of nitrogen functional groups attached to an aromatic ring is 1. The van der Waals surface area contributed by atoms with Crippen LogP contribution in [0.2, 0.25) is 0 Å². The average molecular weight is 251 g/mol. The molecule has 0 spiro atoms. The average Bonchev–Trinajstić information content (AvgIpc) is 2.94. The van der Waals surface area contributed by atoms with Crippen LogP contribution in [0.25, 0.3) is 10.6 Å². The molecule has 6 heteroatoms. The Labute approximate surface area is 102 Å². The Morgan fingerprint density at radius 3 is 3.00 bits per heavy atom. The highest BCUT2D eigenvalue weighted by Gasteiger charge is 2.16. The summed E-state index contributed by atoms with van der Waals surface area (Å²) in [6.45, 7) is 0.582. The predicted octanol–water partition coefficient (Wildman–Crippen LogP) is 1.39. The van der Waals surface area contributed by atoms with E-state index in [2.05, 4.69) is 5.10 Å². The third kappa shape index (κ3) is 2.22. The van der Waals surface area contributed by atoms with Gasteiger partial charge in [-0.3, -0.25) is 4.79 Å². The number of aryl methyl sites for hydroxylation is 1. The number of aldehydes is 1. The Kier molecular flexibility index (Phi) is 3.55. The molecule has 0 aliphatic heterocycles. The number of aliphatic hydroxyl groups is 1. The Morgan fingerprint density at radius 2 is 2.41 bits per heavy atom. The van der Waals surface area contributed by atoms with Gasteiger partial charge in [0.15, 0.2) is 6.29 Å². The van der Waals surface area contributed by atoms with Gasteiger partial charge in [0.2, 0.25) is 0 Å². The zero-order valence-electron chi connectivity index (χ0n) is 9.17. The number of nitrogens with zero attached hydrogens (tertiary/aromatic N) is 2. The lowest BCUT2D eigenvalue weighted by molar-refractivity contribution is 0.112. The summed E-state index contributed by atoms with van der Waals surface area (Å²) in [5.41, 5.74) is 6.89. The van der Waals surface area contributed by atoms with E-state index >= 15 is 0 Å². The summed E-state index contributed by atoms with van der Waals surface area (Å²) in [4.78, 5) is 12.0. The first kappa shape index (κ1) is 11.8. The number of thiophene rings is 1. The van der Waals surface area contributed by atoms with Crippen molar-refractivity contribution in [1.29, 1.82) is 0 Å². The summed E-state index contributed by atoms with van der Waals surface area (Å²) in [6, 6.07) is 3.80. The highest BCUT2D eigenvalue weighted by atomic mass is 32.1. The normalized spacial score (nSPS) is 10.6. The molecule has 0 bridgehead atoms. The van der Waals surface area contributed by atoms with E-state index in [9.17, 15) is 4.79 Å². The number of carbonyl (C=O) groups is 1. The van der Waals surface area contributed by atoms with E-state index in [-0.39, 0.29) is 6.61 Å². The van der Waals surface area contributed by atoms with Crippen molar-refractivity contribution in [3.63, 3.8) is 0 Å². The second kappa shape index (κ2) is 5.11. The van der Waals surface area contributed by atoms with Gasteiger partial charge in [0, 0.05) is 13.2 Å². The van der Waals surface area contributed by atoms with Crippen molar-refractivity contribution in [3.05, 3.63) is 23.1 Å². The van der Waals surface area contributed by atoms with Gasteiger partial charge in [-0.1, -0.05) is 6.07 Å². The summed E-state index contributed by atoms with van der Waals surface area (Å²) >= 11 is 1.51. The molecule has 2 aromatic heterocycles. The Bertz CT molecular complexity index is 505. The predicted molar refractivity (Wildman–Crippen MR) is 67.0 cm³/mol. The van der Waals surface area contributed by atoms with Crippen molar-refractivity contribution in [2.75, 3.05) is 12.3 Å². The monoisotopic (exact) mass is 251 g/mol. The molecule has 2 rings (SSSR count). The third-order valence-electron chi connectivity index (χ3n) is 2.43. The molecule has 0 aliphatic rings. The van der Waals surface area contributed by atoms with E-state index in [1.807, 2.05) is 17.5 Å². The third-order valence-corrected chi connectivity index (χ3v) is 3.31. The molecule has 0 aromatic carbocycles. The van der Waals surface area contributed by atoms with Gasteiger partial charge < -0.3 is 10.8 Å². The van der Waals surface area contributed by atoms with Crippen molar-refractivity contribution in [2.45, 2.75) is 13.0 Å². The molecule has 0 unspecified atom stereocenters. The number of aromatic nitrogens is 2. The molecule has 90 valence electrons. The molecule has 0 aliphatic carbocycles. The molecule has 0 atom stereocenters. The summed E-state index contributed by atoms with van der Waals surface area (Å²) in [5, 5.41) is 15.0. The van der Waals surface area contributed by atoms with Crippen molar-refractivity contribution in [1.82, 2.24) is 9.78 Å².